The van der Waals surface area contributed by atoms with Gasteiger partial charge in [0.2, 0.25) is 0 Å². The fourth-order valence-corrected chi connectivity index (χ4v) is 2.92. The van der Waals surface area contributed by atoms with Gasteiger partial charge in [0.1, 0.15) is 0 Å². The number of aromatic hydroxyl groups is 1. The number of phenols is 1. The number of phenolic OH excluding ortho intramolecular Hbond substituents is 1. The summed E-state index contributed by atoms with van der Waals surface area (Å²) in [5, 5.41) is 13.4. The van der Waals surface area contributed by atoms with Gasteiger partial charge in [0.05, 0.1) is 7.11 Å². The molecule has 0 amide bonds. The zero-order valence-corrected chi connectivity index (χ0v) is 13.9. The van der Waals surface area contributed by atoms with Gasteiger partial charge in [-0.05, 0) is 35.4 Å². The second-order valence-corrected chi connectivity index (χ2v) is 5.48. The van der Waals surface area contributed by atoms with Gasteiger partial charge in [-0.1, -0.05) is 6.07 Å². The Hall–Kier alpha value is -1.82. The minimum Gasteiger partial charge on any atom is -0.504 e. The molecule has 0 bridgehead atoms. The van der Waals surface area contributed by atoms with E-state index in [1.807, 2.05) is 24.5 Å². The third-order valence-electron chi connectivity index (χ3n) is 4.07. The summed E-state index contributed by atoms with van der Waals surface area (Å²) >= 11 is 0. The number of methoxy groups -OCH3 is 1. The van der Waals surface area contributed by atoms with Crippen LogP contribution in [0, 0.1) is 0 Å². The summed E-state index contributed by atoms with van der Waals surface area (Å²) in [5.41, 5.74) is 2.35. The lowest BCUT2D eigenvalue weighted by Gasteiger charge is -2.36. The first-order valence-electron chi connectivity index (χ1n) is 7.48. The van der Waals surface area contributed by atoms with Gasteiger partial charge in [-0.3, -0.25) is 9.88 Å². The van der Waals surface area contributed by atoms with Gasteiger partial charge >= 0.3 is 0 Å². The van der Waals surface area contributed by atoms with Crippen LogP contribution < -0.4 is 10.1 Å². The van der Waals surface area contributed by atoms with Gasteiger partial charge in [0.15, 0.2) is 11.5 Å². The van der Waals surface area contributed by atoms with E-state index in [2.05, 4.69) is 27.3 Å². The van der Waals surface area contributed by atoms with Crippen LogP contribution in [0.2, 0.25) is 0 Å². The van der Waals surface area contributed by atoms with Crippen LogP contribution in [0.5, 0.6) is 11.5 Å². The first-order valence-corrected chi connectivity index (χ1v) is 7.48. The Morgan fingerprint density at radius 2 is 2.09 bits per heavy atom. The number of aromatic nitrogens is 1. The summed E-state index contributed by atoms with van der Waals surface area (Å²) in [5.74, 6) is 0.699. The highest BCUT2D eigenvalue weighted by Crippen LogP contribution is 2.29. The standard InChI is InChI=1S/C17H21N3O2.ClH/c1-22-17-3-2-13(10-16(17)21)12-20-9-8-19-11-15(20)14-4-6-18-7-5-14;/h2-7,10,15,19,21H,8-9,11-12H2,1H3;1H. The Balaban J connectivity index is 0.00000192. The predicted octanol–water partition coefficient (Wildman–Crippen LogP) is 2.36. The highest BCUT2D eigenvalue weighted by Gasteiger charge is 2.23. The van der Waals surface area contributed by atoms with Crippen LogP contribution in [0.15, 0.2) is 42.7 Å². The summed E-state index contributed by atoms with van der Waals surface area (Å²) in [6.45, 7) is 3.67. The smallest absolute Gasteiger partial charge is 0.160 e. The second kappa shape index (κ2) is 8.15. The molecule has 1 saturated heterocycles. The largest absolute Gasteiger partial charge is 0.504 e. The van der Waals surface area contributed by atoms with E-state index >= 15 is 0 Å². The number of pyridine rings is 1. The maximum Gasteiger partial charge on any atom is 0.160 e. The van der Waals surface area contributed by atoms with Crippen molar-refractivity contribution in [3.63, 3.8) is 0 Å². The average molecular weight is 336 g/mol. The van der Waals surface area contributed by atoms with Crippen LogP contribution in [-0.2, 0) is 6.54 Å². The lowest BCUT2D eigenvalue weighted by atomic mass is 10.0. The van der Waals surface area contributed by atoms with Gasteiger partial charge in [0, 0.05) is 44.6 Å². The molecule has 1 aromatic carbocycles. The number of nitrogens with zero attached hydrogens (tertiary/aromatic N) is 2. The van der Waals surface area contributed by atoms with Crippen molar-refractivity contribution in [3.8, 4) is 11.5 Å². The zero-order valence-electron chi connectivity index (χ0n) is 13.1. The summed E-state index contributed by atoms with van der Waals surface area (Å²) in [7, 11) is 1.56. The van der Waals surface area contributed by atoms with E-state index < -0.39 is 0 Å². The van der Waals surface area contributed by atoms with Gasteiger partial charge in [-0.25, -0.2) is 0 Å². The topological polar surface area (TPSA) is 57.6 Å². The fourth-order valence-electron chi connectivity index (χ4n) is 2.92. The Kier molecular flexibility index (Phi) is 6.21. The SMILES string of the molecule is COc1ccc(CN2CCNCC2c2ccncc2)cc1O.Cl. The van der Waals surface area contributed by atoms with Crippen LogP contribution in [0.3, 0.4) is 0 Å². The Morgan fingerprint density at radius 1 is 1.30 bits per heavy atom. The summed E-state index contributed by atoms with van der Waals surface area (Å²) in [6, 6.07) is 10.1. The zero-order chi connectivity index (χ0) is 15.4. The Morgan fingerprint density at radius 3 is 2.78 bits per heavy atom. The van der Waals surface area contributed by atoms with E-state index in [9.17, 15) is 5.11 Å². The normalized spacial score (nSPS) is 18.2. The maximum atomic E-state index is 9.94. The quantitative estimate of drug-likeness (QED) is 0.898. The monoisotopic (exact) mass is 335 g/mol. The molecular weight excluding hydrogens is 314 g/mol. The Labute approximate surface area is 142 Å². The van der Waals surface area contributed by atoms with Crippen LogP contribution >= 0.6 is 12.4 Å². The number of ether oxygens (including phenoxy) is 1. The first kappa shape index (κ1) is 17.5. The summed E-state index contributed by atoms with van der Waals surface area (Å²) < 4.78 is 5.10. The van der Waals surface area contributed by atoms with Gasteiger partial charge < -0.3 is 15.2 Å². The van der Waals surface area contributed by atoms with Crippen molar-refractivity contribution in [1.82, 2.24) is 15.2 Å². The fraction of sp³-hybridized carbons (Fsp3) is 0.353. The molecule has 6 heteroatoms. The molecule has 1 aromatic heterocycles. The molecule has 1 atom stereocenters. The van der Waals surface area contributed by atoms with Crippen LogP contribution in [0.4, 0.5) is 0 Å². The summed E-state index contributed by atoms with van der Waals surface area (Å²) in [6.07, 6.45) is 3.67. The van der Waals surface area contributed by atoms with Gasteiger partial charge in [0.25, 0.3) is 0 Å². The van der Waals surface area contributed by atoms with Crippen molar-refractivity contribution in [1.29, 1.82) is 0 Å². The second-order valence-electron chi connectivity index (χ2n) is 5.48. The number of piperazine rings is 1. The lowest BCUT2D eigenvalue weighted by molar-refractivity contribution is 0.153. The molecule has 5 nitrogen and oxygen atoms in total. The summed E-state index contributed by atoms with van der Waals surface area (Å²) in [4.78, 5) is 6.52. The average Bonchev–Trinajstić information content (AvgIpc) is 2.56. The number of nitrogens with one attached hydrogen (secondary N) is 1. The first-order chi connectivity index (χ1) is 10.8. The van der Waals surface area contributed by atoms with Crippen molar-refractivity contribution in [3.05, 3.63) is 53.9 Å². The highest BCUT2D eigenvalue weighted by atomic mass is 35.5. The molecule has 124 valence electrons. The van der Waals surface area contributed by atoms with Crippen molar-refractivity contribution in [2.45, 2.75) is 12.6 Å². The van der Waals surface area contributed by atoms with E-state index in [-0.39, 0.29) is 18.2 Å². The molecular formula is C17H22ClN3O2. The van der Waals surface area contributed by atoms with Crippen molar-refractivity contribution >= 4 is 12.4 Å². The van der Waals surface area contributed by atoms with E-state index in [0.29, 0.717) is 11.8 Å². The molecule has 1 aliphatic heterocycles. The highest BCUT2D eigenvalue weighted by molar-refractivity contribution is 5.85. The minimum atomic E-state index is 0. The molecule has 23 heavy (non-hydrogen) atoms. The minimum absolute atomic E-state index is 0. The molecule has 1 unspecified atom stereocenters. The third kappa shape index (κ3) is 4.13. The molecule has 0 radical (unpaired) electrons. The van der Waals surface area contributed by atoms with Crippen molar-refractivity contribution in [2.75, 3.05) is 26.7 Å². The predicted molar refractivity (Wildman–Crippen MR) is 92.2 cm³/mol. The molecule has 2 heterocycles. The Bertz CT molecular complexity index is 624. The molecule has 0 aliphatic carbocycles. The van der Waals surface area contributed by atoms with Crippen molar-refractivity contribution < 1.29 is 9.84 Å². The van der Waals surface area contributed by atoms with Crippen molar-refractivity contribution in [2.24, 2.45) is 0 Å². The molecule has 2 aromatic rings. The van der Waals surface area contributed by atoms with Gasteiger partial charge in [-0.2, -0.15) is 0 Å². The van der Waals surface area contributed by atoms with E-state index in [0.717, 1.165) is 31.7 Å². The molecule has 0 saturated carbocycles. The molecule has 2 N–H and O–H groups in total. The molecule has 1 fully saturated rings. The number of benzene rings is 1. The number of hydrogen-bond acceptors (Lipinski definition) is 5. The van der Waals surface area contributed by atoms with E-state index in [1.54, 1.807) is 13.2 Å². The molecule has 1 aliphatic rings. The molecule has 3 rings (SSSR count). The van der Waals surface area contributed by atoms with Gasteiger partial charge in [-0.15, -0.1) is 12.4 Å². The third-order valence-corrected chi connectivity index (χ3v) is 4.07. The van der Waals surface area contributed by atoms with E-state index in [1.165, 1.54) is 5.56 Å². The van der Waals surface area contributed by atoms with Crippen LogP contribution in [0.25, 0.3) is 0 Å². The maximum absolute atomic E-state index is 9.94. The van der Waals surface area contributed by atoms with Crippen LogP contribution in [-0.4, -0.2) is 41.7 Å². The van der Waals surface area contributed by atoms with E-state index in [4.69, 9.17) is 4.74 Å². The lowest BCUT2D eigenvalue weighted by Crippen LogP contribution is -2.45. The number of hydrogen-bond donors (Lipinski definition) is 2. The van der Waals surface area contributed by atoms with Crippen LogP contribution in [0.1, 0.15) is 17.2 Å². The molecule has 0 spiro atoms. The number of halogens is 1. The number of rotatable bonds is 4.